The van der Waals surface area contributed by atoms with Crippen molar-refractivity contribution in [2.45, 2.75) is 6.10 Å². The lowest BCUT2D eigenvalue weighted by Crippen LogP contribution is -2.19. The van der Waals surface area contributed by atoms with Gasteiger partial charge in [-0.2, -0.15) is 0 Å². The Kier molecular flexibility index (Phi) is 3.01. The Balaban J connectivity index is 2.08. The van der Waals surface area contributed by atoms with Crippen LogP contribution in [0.15, 0.2) is 46.9 Å². The molecule has 0 fully saturated rings. The van der Waals surface area contributed by atoms with Gasteiger partial charge >= 0.3 is 0 Å². The number of rotatable bonds is 3. The highest BCUT2D eigenvalue weighted by Crippen LogP contribution is 2.30. The zero-order valence-corrected chi connectivity index (χ0v) is 11.1. The van der Waals surface area contributed by atoms with Gasteiger partial charge in [0.25, 0.3) is 0 Å². The molecule has 1 aromatic heterocycles. The van der Waals surface area contributed by atoms with Crippen LogP contribution in [0.3, 0.4) is 0 Å². The van der Waals surface area contributed by atoms with Crippen LogP contribution in [0.2, 0.25) is 0 Å². The number of aliphatic hydroxyl groups excluding tert-OH is 1. The molecule has 0 unspecified atom stereocenters. The van der Waals surface area contributed by atoms with Gasteiger partial charge in [0.05, 0.1) is 6.10 Å². The third kappa shape index (κ3) is 2.23. The van der Waals surface area contributed by atoms with Crippen molar-refractivity contribution < 1.29 is 9.52 Å². The summed E-state index contributed by atoms with van der Waals surface area (Å²) in [5.74, 6) is 0. The molecule has 3 heteroatoms. The minimum atomic E-state index is -0.493. The molecule has 0 aliphatic heterocycles. The van der Waals surface area contributed by atoms with Crippen LogP contribution in [0.25, 0.3) is 21.9 Å². The van der Waals surface area contributed by atoms with E-state index in [0.717, 1.165) is 27.5 Å². The van der Waals surface area contributed by atoms with Crippen LogP contribution >= 0.6 is 0 Å². The maximum atomic E-state index is 10.1. The summed E-state index contributed by atoms with van der Waals surface area (Å²) in [6, 6.07) is 13.9. The van der Waals surface area contributed by atoms with E-state index in [9.17, 15) is 5.11 Å². The van der Waals surface area contributed by atoms with E-state index in [1.165, 1.54) is 0 Å². The van der Waals surface area contributed by atoms with E-state index < -0.39 is 6.10 Å². The standard InChI is InChI=1S/C16H17NO2/c1-17(2)10-14(18)11-7-8-13-12-5-3-4-6-15(12)19-16(13)9-11/h3-9,14,18H,10H2,1-2H3/t14-/m1/s1. The highest BCUT2D eigenvalue weighted by molar-refractivity contribution is 6.04. The molecule has 0 bridgehead atoms. The van der Waals surface area contributed by atoms with Gasteiger partial charge in [0.1, 0.15) is 11.2 Å². The van der Waals surface area contributed by atoms with Gasteiger partial charge in [0.2, 0.25) is 0 Å². The van der Waals surface area contributed by atoms with Gasteiger partial charge < -0.3 is 14.4 Å². The molecule has 0 radical (unpaired) electrons. The third-order valence-corrected chi connectivity index (χ3v) is 3.33. The van der Waals surface area contributed by atoms with Crippen molar-refractivity contribution in [3.63, 3.8) is 0 Å². The number of likely N-dealkylation sites (N-methyl/N-ethyl adjacent to an activating group) is 1. The van der Waals surface area contributed by atoms with Crippen LogP contribution in [0.5, 0.6) is 0 Å². The van der Waals surface area contributed by atoms with E-state index in [1.54, 1.807) is 0 Å². The van der Waals surface area contributed by atoms with Crippen LogP contribution in [0.1, 0.15) is 11.7 Å². The molecule has 0 amide bonds. The first-order valence-corrected chi connectivity index (χ1v) is 6.39. The first kappa shape index (κ1) is 12.2. The normalized spacial score (nSPS) is 13.5. The highest BCUT2D eigenvalue weighted by atomic mass is 16.3. The highest BCUT2D eigenvalue weighted by Gasteiger charge is 2.12. The van der Waals surface area contributed by atoms with Crippen LogP contribution in [-0.2, 0) is 0 Å². The van der Waals surface area contributed by atoms with Crippen LogP contribution < -0.4 is 0 Å². The molecule has 1 heterocycles. The molecular weight excluding hydrogens is 238 g/mol. The summed E-state index contributed by atoms with van der Waals surface area (Å²) in [6.45, 7) is 0.603. The van der Waals surface area contributed by atoms with E-state index >= 15 is 0 Å². The maximum absolute atomic E-state index is 10.1. The van der Waals surface area contributed by atoms with Crippen molar-refractivity contribution in [1.29, 1.82) is 0 Å². The third-order valence-electron chi connectivity index (χ3n) is 3.33. The van der Waals surface area contributed by atoms with Gasteiger partial charge in [-0.05, 0) is 31.8 Å². The molecule has 0 spiro atoms. The summed E-state index contributed by atoms with van der Waals surface area (Å²) in [4.78, 5) is 1.97. The van der Waals surface area contributed by atoms with E-state index in [2.05, 4.69) is 6.07 Å². The lowest BCUT2D eigenvalue weighted by atomic mass is 10.1. The van der Waals surface area contributed by atoms with E-state index in [0.29, 0.717) is 6.54 Å². The zero-order valence-electron chi connectivity index (χ0n) is 11.1. The smallest absolute Gasteiger partial charge is 0.135 e. The first-order chi connectivity index (χ1) is 9.15. The average Bonchev–Trinajstić information content (AvgIpc) is 2.75. The molecular formula is C16H17NO2. The van der Waals surface area contributed by atoms with E-state index in [1.807, 2.05) is 55.4 Å². The Hall–Kier alpha value is -1.84. The molecule has 0 saturated carbocycles. The largest absolute Gasteiger partial charge is 0.456 e. The van der Waals surface area contributed by atoms with Crippen LogP contribution in [0.4, 0.5) is 0 Å². The summed E-state index contributed by atoms with van der Waals surface area (Å²) in [6.07, 6.45) is -0.493. The molecule has 3 nitrogen and oxygen atoms in total. The summed E-state index contributed by atoms with van der Waals surface area (Å²) >= 11 is 0. The monoisotopic (exact) mass is 255 g/mol. The van der Waals surface area contributed by atoms with Crippen molar-refractivity contribution in [2.75, 3.05) is 20.6 Å². The first-order valence-electron chi connectivity index (χ1n) is 6.39. The zero-order chi connectivity index (χ0) is 13.4. The van der Waals surface area contributed by atoms with E-state index in [4.69, 9.17) is 4.42 Å². The fraction of sp³-hybridized carbons (Fsp3) is 0.250. The molecule has 1 N–H and O–H groups in total. The lowest BCUT2D eigenvalue weighted by molar-refractivity contribution is 0.138. The second kappa shape index (κ2) is 4.68. The summed E-state index contributed by atoms with van der Waals surface area (Å²) in [5, 5.41) is 12.4. The molecule has 3 aromatic rings. The number of furan rings is 1. The van der Waals surface area contributed by atoms with Crippen molar-refractivity contribution in [3.05, 3.63) is 48.0 Å². The topological polar surface area (TPSA) is 36.6 Å². The maximum Gasteiger partial charge on any atom is 0.135 e. The van der Waals surface area contributed by atoms with Crippen LogP contribution in [0, 0.1) is 0 Å². The Morgan fingerprint density at radius 3 is 2.58 bits per heavy atom. The quantitative estimate of drug-likeness (QED) is 0.781. The molecule has 1 atom stereocenters. The Morgan fingerprint density at radius 1 is 1.05 bits per heavy atom. The van der Waals surface area contributed by atoms with E-state index in [-0.39, 0.29) is 0 Å². The fourth-order valence-electron chi connectivity index (χ4n) is 2.40. The molecule has 0 aliphatic rings. The average molecular weight is 255 g/mol. The second-order valence-corrected chi connectivity index (χ2v) is 5.13. The molecule has 0 aliphatic carbocycles. The predicted molar refractivity (Wildman–Crippen MR) is 77.2 cm³/mol. The number of hydrogen-bond donors (Lipinski definition) is 1. The van der Waals surface area contributed by atoms with Gasteiger partial charge in [-0.15, -0.1) is 0 Å². The van der Waals surface area contributed by atoms with Gasteiger partial charge in [-0.3, -0.25) is 0 Å². The number of benzene rings is 2. The minimum Gasteiger partial charge on any atom is -0.456 e. The number of para-hydroxylation sites is 1. The predicted octanol–water partition coefficient (Wildman–Crippen LogP) is 3.18. The Labute approximate surface area is 112 Å². The molecule has 98 valence electrons. The van der Waals surface area contributed by atoms with Crippen molar-refractivity contribution in [1.82, 2.24) is 4.90 Å². The molecule has 2 aromatic carbocycles. The minimum absolute atomic E-state index is 0.493. The van der Waals surface area contributed by atoms with Crippen molar-refractivity contribution >= 4 is 21.9 Å². The summed E-state index contributed by atoms with van der Waals surface area (Å²) in [7, 11) is 3.89. The summed E-state index contributed by atoms with van der Waals surface area (Å²) < 4.78 is 5.82. The number of fused-ring (bicyclic) bond motifs is 3. The lowest BCUT2D eigenvalue weighted by Gasteiger charge is -2.15. The van der Waals surface area contributed by atoms with Crippen molar-refractivity contribution in [2.24, 2.45) is 0 Å². The van der Waals surface area contributed by atoms with Gasteiger partial charge in [-0.25, -0.2) is 0 Å². The SMILES string of the molecule is CN(C)C[C@@H](O)c1ccc2c(c1)oc1ccccc12. The fourth-order valence-corrected chi connectivity index (χ4v) is 2.40. The van der Waals surface area contributed by atoms with Gasteiger partial charge in [0.15, 0.2) is 0 Å². The van der Waals surface area contributed by atoms with Gasteiger partial charge in [-0.1, -0.05) is 30.3 Å². The molecule has 19 heavy (non-hydrogen) atoms. The number of hydrogen-bond acceptors (Lipinski definition) is 3. The number of nitrogens with zero attached hydrogens (tertiary/aromatic N) is 1. The molecule has 3 rings (SSSR count). The second-order valence-electron chi connectivity index (χ2n) is 5.13. The Morgan fingerprint density at radius 2 is 1.79 bits per heavy atom. The molecule has 0 saturated heterocycles. The van der Waals surface area contributed by atoms with Gasteiger partial charge in [0, 0.05) is 17.3 Å². The number of aliphatic hydroxyl groups is 1. The van der Waals surface area contributed by atoms with Crippen LogP contribution in [-0.4, -0.2) is 30.6 Å². The van der Waals surface area contributed by atoms with Crippen molar-refractivity contribution in [3.8, 4) is 0 Å². The summed E-state index contributed by atoms with van der Waals surface area (Å²) in [5.41, 5.74) is 2.61. The Bertz CT molecular complexity index is 715.